The summed E-state index contributed by atoms with van der Waals surface area (Å²) < 4.78 is 21.5. The molecule has 0 aliphatic carbocycles. The van der Waals surface area contributed by atoms with Crippen LogP contribution in [0.3, 0.4) is 0 Å². The van der Waals surface area contributed by atoms with Gasteiger partial charge in [0.2, 0.25) is 0 Å². The summed E-state index contributed by atoms with van der Waals surface area (Å²) in [6.45, 7) is 10.5. The predicted molar refractivity (Wildman–Crippen MR) is 76.9 cm³/mol. The first kappa shape index (κ1) is 18.7. The highest BCUT2D eigenvalue weighted by atomic mass is 32.2. The van der Waals surface area contributed by atoms with Crippen molar-refractivity contribution < 1.29 is 8.42 Å². The topological polar surface area (TPSA) is 34.1 Å². The van der Waals surface area contributed by atoms with Crippen LogP contribution in [0.15, 0.2) is 0 Å². The van der Waals surface area contributed by atoms with E-state index in [0.29, 0.717) is 11.7 Å². The molecule has 0 amide bonds. The third kappa shape index (κ3) is 16.7. The largest absolute Gasteiger partial charge is 0.229 e. The van der Waals surface area contributed by atoms with E-state index in [-0.39, 0.29) is 5.92 Å². The summed E-state index contributed by atoms with van der Waals surface area (Å²) in [5.41, 5.74) is 0. The normalized spacial score (nSPS) is 13.6. The summed E-state index contributed by atoms with van der Waals surface area (Å²) in [6.07, 6.45) is 3.42. The monoisotopic (exact) mass is 268 g/mol. The number of thioether (sulfide) groups is 1. The molecule has 0 aromatic carbocycles. The highest BCUT2D eigenvalue weighted by molar-refractivity contribution is 7.98. The lowest BCUT2D eigenvalue weighted by Gasteiger charge is -2.12. The van der Waals surface area contributed by atoms with E-state index >= 15 is 0 Å². The van der Waals surface area contributed by atoms with E-state index < -0.39 is 9.84 Å². The van der Waals surface area contributed by atoms with Gasteiger partial charge in [-0.2, -0.15) is 11.8 Å². The molecule has 0 aliphatic rings. The molecule has 0 bridgehead atoms. The first-order valence-corrected chi connectivity index (χ1v) is 9.22. The smallest absolute Gasteiger partial charge is 0.147 e. The van der Waals surface area contributed by atoms with Crippen molar-refractivity contribution in [2.24, 2.45) is 17.8 Å². The lowest BCUT2D eigenvalue weighted by atomic mass is 10.0. The van der Waals surface area contributed by atoms with Gasteiger partial charge in [0.1, 0.15) is 9.84 Å². The van der Waals surface area contributed by atoms with Crippen LogP contribution in [0.1, 0.15) is 34.6 Å². The van der Waals surface area contributed by atoms with Gasteiger partial charge >= 0.3 is 0 Å². The van der Waals surface area contributed by atoms with Crippen LogP contribution in [-0.4, -0.2) is 32.4 Å². The zero-order valence-corrected chi connectivity index (χ0v) is 13.4. The number of rotatable bonds is 5. The fourth-order valence-electron chi connectivity index (χ4n) is 1.00. The lowest BCUT2D eigenvalue weighted by Crippen LogP contribution is -2.16. The molecule has 0 spiro atoms. The number of hydrogen-bond donors (Lipinski definition) is 0. The highest BCUT2D eigenvalue weighted by Gasteiger charge is 2.12. The van der Waals surface area contributed by atoms with E-state index in [0.717, 1.165) is 5.92 Å². The van der Waals surface area contributed by atoms with Crippen LogP contribution < -0.4 is 0 Å². The zero-order chi connectivity index (χ0) is 13.4. The van der Waals surface area contributed by atoms with Crippen molar-refractivity contribution in [2.45, 2.75) is 34.6 Å². The first-order valence-electron chi connectivity index (χ1n) is 5.76. The van der Waals surface area contributed by atoms with Crippen molar-refractivity contribution in [2.75, 3.05) is 24.0 Å². The SMILES string of the molecule is CC(C)C(C)CS(C)(=O)=O.CSCC(C)C. The van der Waals surface area contributed by atoms with Crippen molar-refractivity contribution >= 4 is 21.6 Å². The predicted octanol–water partition coefficient (Wildman–Crippen LogP) is 3.33. The second-order valence-electron chi connectivity index (χ2n) is 5.16. The summed E-state index contributed by atoms with van der Waals surface area (Å²) in [7, 11) is -2.77. The van der Waals surface area contributed by atoms with Gasteiger partial charge in [0, 0.05) is 6.26 Å². The van der Waals surface area contributed by atoms with Crippen LogP contribution in [0.2, 0.25) is 0 Å². The average Bonchev–Trinajstić information content (AvgIpc) is 2.01. The van der Waals surface area contributed by atoms with E-state index in [1.807, 2.05) is 32.5 Å². The molecule has 0 fully saturated rings. The Kier molecular flexibility index (Phi) is 10.9. The van der Waals surface area contributed by atoms with Crippen molar-refractivity contribution in [1.29, 1.82) is 0 Å². The van der Waals surface area contributed by atoms with Crippen molar-refractivity contribution in [3.05, 3.63) is 0 Å². The molecule has 0 aromatic rings. The second kappa shape index (κ2) is 9.34. The van der Waals surface area contributed by atoms with Crippen molar-refractivity contribution in [3.8, 4) is 0 Å². The Morgan fingerprint density at radius 1 is 1.06 bits per heavy atom. The minimum Gasteiger partial charge on any atom is -0.229 e. The molecular formula is C12H28O2S2. The van der Waals surface area contributed by atoms with Crippen LogP contribution in [0.5, 0.6) is 0 Å². The molecule has 1 atom stereocenters. The van der Waals surface area contributed by atoms with Crippen LogP contribution in [-0.2, 0) is 9.84 Å². The molecule has 0 saturated heterocycles. The van der Waals surface area contributed by atoms with E-state index in [1.165, 1.54) is 12.0 Å². The third-order valence-electron chi connectivity index (χ3n) is 2.20. The zero-order valence-electron chi connectivity index (χ0n) is 11.8. The molecule has 2 nitrogen and oxygen atoms in total. The van der Waals surface area contributed by atoms with Crippen LogP contribution >= 0.6 is 11.8 Å². The fourth-order valence-corrected chi connectivity index (χ4v) is 3.01. The molecule has 0 aromatic heterocycles. The molecule has 4 heteroatoms. The average molecular weight is 268 g/mol. The molecule has 0 radical (unpaired) electrons. The van der Waals surface area contributed by atoms with Gasteiger partial charge in [-0.1, -0.05) is 34.6 Å². The molecular weight excluding hydrogens is 240 g/mol. The second-order valence-corrected chi connectivity index (χ2v) is 8.26. The quantitative estimate of drug-likeness (QED) is 0.767. The number of sulfone groups is 1. The van der Waals surface area contributed by atoms with Gasteiger partial charge in [0.05, 0.1) is 5.75 Å². The summed E-state index contributed by atoms with van der Waals surface area (Å²) in [6, 6.07) is 0. The number of hydrogen-bond acceptors (Lipinski definition) is 3. The third-order valence-corrected chi connectivity index (χ3v) is 4.33. The van der Waals surface area contributed by atoms with E-state index in [4.69, 9.17) is 0 Å². The molecule has 0 rings (SSSR count). The molecule has 1 unspecified atom stereocenters. The molecule has 16 heavy (non-hydrogen) atoms. The molecule has 100 valence electrons. The maximum absolute atomic E-state index is 10.7. The lowest BCUT2D eigenvalue weighted by molar-refractivity contribution is 0.453. The Labute approximate surface area is 107 Å². The standard InChI is InChI=1S/C7H16O2S.C5H12S/c1-6(2)7(3)5-10(4,8)9;1-5(2)4-6-3/h6-7H,5H2,1-4H3;5H,4H2,1-3H3. The van der Waals surface area contributed by atoms with Crippen LogP contribution in [0.25, 0.3) is 0 Å². The molecule has 0 heterocycles. The Balaban J connectivity index is 0. The Morgan fingerprint density at radius 2 is 1.50 bits per heavy atom. The van der Waals surface area contributed by atoms with Gasteiger partial charge < -0.3 is 0 Å². The molecule has 0 N–H and O–H groups in total. The molecule has 0 saturated carbocycles. The van der Waals surface area contributed by atoms with E-state index in [9.17, 15) is 8.42 Å². The molecule has 0 aliphatic heterocycles. The van der Waals surface area contributed by atoms with Gasteiger partial charge in [0.25, 0.3) is 0 Å². The van der Waals surface area contributed by atoms with E-state index in [2.05, 4.69) is 20.1 Å². The minimum atomic E-state index is -2.77. The summed E-state index contributed by atoms with van der Waals surface area (Å²) in [4.78, 5) is 0. The maximum atomic E-state index is 10.7. The van der Waals surface area contributed by atoms with Gasteiger partial charge in [-0.25, -0.2) is 8.42 Å². The van der Waals surface area contributed by atoms with Gasteiger partial charge in [-0.05, 0) is 29.8 Å². The van der Waals surface area contributed by atoms with Crippen molar-refractivity contribution in [3.63, 3.8) is 0 Å². The van der Waals surface area contributed by atoms with Crippen LogP contribution in [0, 0.1) is 17.8 Å². The van der Waals surface area contributed by atoms with E-state index in [1.54, 1.807) is 0 Å². The Hall–Kier alpha value is 0.300. The van der Waals surface area contributed by atoms with Crippen LogP contribution in [0.4, 0.5) is 0 Å². The Bertz CT molecular complexity index is 244. The summed E-state index contributed by atoms with van der Waals surface area (Å²) in [5, 5.41) is 0. The minimum absolute atomic E-state index is 0.273. The van der Waals surface area contributed by atoms with Gasteiger partial charge in [-0.3, -0.25) is 0 Å². The summed E-state index contributed by atoms with van der Waals surface area (Å²) >= 11 is 1.91. The first-order chi connectivity index (χ1) is 7.10. The highest BCUT2D eigenvalue weighted by Crippen LogP contribution is 2.11. The summed E-state index contributed by atoms with van der Waals surface area (Å²) in [5.74, 6) is 3.19. The van der Waals surface area contributed by atoms with Gasteiger partial charge in [0.15, 0.2) is 0 Å². The maximum Gasteiger partial charge on any atom is 0.147 e. The Morgan fingerprint density at radius 3 is 1.56 bits per heavy atom. The van der Waals surface area contributed by atoms with Gasteiger partial charge in [-0.15, -0.1) is 0 Å². The fraction of sp³-hybridized carbons (Fsp3) is 1.00. The van der Waals surface area contributed by atoms with Crippen molar-refractivity contribution in [1.82, 2.24) is 0 Å².